The molecule has 0 aromatic rings. The molecule has 0 aromatic heterocycles. The predicted molar refractivity (Wildman–Crippen MR) is 35.1 cm³/mol. The molecule has 0 amide bonds. The number of alkyl halides is 2. The molecule has 0 aliphatic rings. The molecule has 0 N–H and O–H groups in total. The van der Waals surface area contributed by atoms with Crippen molar-refractivity contribution in [1.29, 1.82) is 0 Å². The van der Waals surface area contributed by atoms with E-state index in [1.807, 2.05) is 0 Å². The summed E-state index contributed by atoms with van der Waals surface area (Å²) in [5.74, 6) is -0.195. The largest absolute Gasteiger partial charge is 0.299 e. The summed E-state index contributed by atoms with van der Waals surface area (Å²) in [5, 5.41) is 0. The summed E-state index contributed by atoms with van der Waals surface area (Å²) in [5.41, 5.74) is 0. The molecule has 0 unspecified atom stereocenters. The van der Waals surface area contributed by atoms with Crippen LogP contribution in [0.3, 0.4) is 0 Å². The van der Waals surface area contributed by atoms with Gasteiger partial charge >= 0.3 is 0 Å². The van der Waals surface area contributed by atoms with Gasteiger partial charge in [-0.1, -0.05) is 13.8 Å². The Labute approximate surface area is 59.4 Å². The van der Waals surface area contributed by atoms with Gasteiger partial charge < -0.3 is 0 Å². The van der Waals surface area contributed by atoms with Crippen LogP contribution < -0.4 is 0 Å². The molecule has 3 heteroatoms. The first-order chi connectivity index (χ1) is 4.54. The number of carbonyl (C=O) groups is 1. The molecule has 0 rings (SSSR count). The summed E-state index contributed by atoms with van der Waals surface area (Å²) in [4.78, 5) is 10.7. The molecule has 60 valence electrons. The van der Waals surface area contributed by atoms with Gasteiger partial charge in [0.1, 0.15) is 5.78 Å². The fraction of sp³-hybridized carbons (Fsp3) is 0.857. The Balaban J connectivity index is 3.40. The highest BCUT2D eigenvalue weighted by Crippen LogP contribution is 2.07. The fourth-order valence-electron chi connectivity index (χ4n) is 0.540. The lowest BCUT2D eigenvalue weighted by Gasteiger charge is -2.01. The van der Waals surface area contributed by atoms with Crippen molar-refractivity contribution in [2.24, 2.45) is 5.92 Å². The normalized spacial score (nSPS) is 11.0. The molecule has 0 aliphatic carbocycles. The van der Waals surface area contributed by atoms with Gasteiger partial charge in [-0.05, 0) is 0 Å². The lowest BCUT2D eigenvalue weighted by atomic mass is 10.1. The van der Waals surface area contributed by atoms with E-state index in [1.54, 1.807) is 13.8 Å². The van der Waals surface area contributed by atoms with Crippen LogP contribution in [0.15, 0.2) is 0 Å². The maximum Gasteiger partial charge on any atom is 0.239 e. The summed E-state index contributed by atoms with van der Waals surface area (Å²) in [6.07, 6.45) is -2.63. The predicted octanol–water partition coefficient (Wildman–Crippen LogP) is 2.26. The first-order valence-corrected chi connectivity index (χ1v) is 3.35. The SMILES string of the molecule is CC(C)C(=O)CCC(F)F. The minimum absolute atomic E-state index is 0.00926. The van der Waals surface area contributed by atoms with E-state index < -0.39 is 6.43 Å². The molecule has 0 aromatic carbocycles. The van der Waals surface area contributed by atoms with Gasteiger partial charge in [-0.15, -0.1) is 0 Å². The van der Waals surface area contributed by atoms with Crippen LogP contribution >= 0.6 is 0 Å². The maximum atomic E-state index is 11.5. The van der Waals surface area contributed by atoms with Gasteiger partial charge in [-0.3, -0.25) is 4.79 Å². The molecular formula is C7H12F2O. The molecule has 0 spiro atoms. The van der Waals surface area contributed by atoms with Crippen LogP contribution in [-0.2, 0) is 4.79 Å². The zero-order chi connectivity index (χ0) is 8.15. The maximum absolute atomic E-state index is 11.5. The van der Waals surface area contributed by atoms with Crippen molar-refractivity contribution < 1.29 is 13.6 Å². The average molecular weight is 150 g/mol. The number of rotatable bonds is 4. The third-order valence-corrected chi connectivity index (χ3v) is 1.25. The molecule has 0 heterocycles. The van der Waals surface area contributed by atoms with Crippen LogP contribution in [0.2, 0.25) is 0 Å². The zero-order valence-corrected chi connectivity index (χ0v) is 6.23. The number of halogens is 2. The highest BCUT2D eigenvalue weighted by molar-refractivity contribution is 5.80. The smallest absolute Gasteiger partial charge is 0.239 e. The Bertz CT molecular complexity index is 110. The second-order valence-corrected chi connectivity index (χ2v) is 2.55. The van der Waals surface area contributed by atoms with Gasteiger partial charge in [-0.2, -0.15) is 0 Å². The van der Waals surface area contributed by atoms with Crippen LogP contribution in [-0.4, -0.2) is 12.2 Å². The minimum Gasteiger partial charge on any atom is -0.299 e. The van der Waals surface area contributed by atoms with Crippen molar-refractivity contribution >= 4 is 5.78 Å². The molecule has 0 bridgehead atoms. The van der Waals surface area contributed by atoms with Gasteiger partial charge in [0, 0.05) is 18.8 Å². The van der Waals surface area contributed by atoms with E-state index >= 15 is 0 Å². The Kier molecular flexibility index (Phi) is 4.16. The number of hydrogen-bond acceptors (Lipinski definition) is 1. The minimum atomic E-state index is -2.34. The highest BCUT2D eigenvalue weighted by Gasteiger charge is 2.10. The lowest BCUT2D eigenvalue weighted by molar-refractivity contribution is -0.122. The molecule has 0 aliphatic heterocycles. The van der Waals surface area contributed by atoms with Crippen molar-refractivity contribution in [2.75, 3.05) is 0 Å². The Morgan fingerprint density at radius 2 is 1.90 bits per heavy atom. The topological polar surface area (TPSA) is 17.1 Å². The first-order valence-electron chi connectivity index (χ1n) is 3.35. The van der Waals surface area contributed by atoms with Crippen molar-refractivity contribution in [2.45, 2.75) is 33.1 Å². The second-order valence-electron chi connectivity index (χ2n) is 2.55. The fourth-order valence-corrected chi connectivity index (χ4v) is 0.540. The summed E-state index contributed by atoms with van der Waals surface area (Å²) < 4.78 is 23.0. The lowest BCUT2D eigenvalue weighted by Crippen LogP contribution is -2.08. The van der Waals surface area contributed by atoms with E-state index in [1.165, 1.54) is 0 Å². The quantitative estimate of drug-likeness (QED) is 0.600. The molecule has 10 heavy (non-hydrogen) atoms. The van der Waals surface area contributed by atoms with Gasteiger partial charge in [0.25, 0.3) is 0 Å². The average Bonchev–Trinajstić information content (AvgIpc) is 1.82. The standard InChI is InChI=1S/C7H12F2O/c1-5(2)6(10)3-4-7(8)9/h5,7H,3-4H2,1-2H3. The van der Waals surface area contributed by atoms with Gasteiger partial charge in [0.2, 0.25) is 6.43 Å². The van der Waals surface area contributed by atoms with Crippen molar-refractivity contribution in [1.82, 2.24) is 0 Å². The van der Waals surface area contributed by atoms with E-state index in [4.69, 9.17) is 0 Å². The van der Waals surface area contributed by atoms with Crippen molar-refractivity contribution in [3.63, 3.8) is 0 Å². The monoisotopic (exact) mass is 150 g/mol. The number of ketones is 1. The van der Waals surface area contributed by atoms with Crippen LogP contribution in [0.5, 0.6) is 0 Å². The summed E-state index contributed by atoms with van der Waals surface area (Å²) in [6, 6.07) is 0. The molecule has 1 nitrogen and oxygen atoms in total. The van der Waals surface area contributed by atoms with Gasteiger partial charge in [0.15, 0.2) is 0 Å². The van der Waals surface area contributed by atoms with Gasteiger partial charge in [0.05, 0.1) is 0 Å². The van der Waals surface area contributed by atoms with E-state index in [0.717, 1.165) is 0 Å². The molecular weight excluding hydrogens is 138 g/mol. The molecule has 0 saturated carbocycles. The second kappa shape index (κ2) is 4.36. The number of carbonyl (C=O) groups excluding carboxylic acids is 1. The number of Topliss-reactive ketones (excluding diaryl/α,β-unsaturated/α-hetero) is 1. The molecule has 0 fully saturated rings. The Morgan fingerprint density at radius 1 is 1.40 bits per heavy atom. The van der Waals surface area contributed by atoms with Gasteiger partial charge in [-0.25, -0.2) is 8.78 Å². The van der Waals surface area contributed by atoms with E-state index in [-0.39, 0.29) is 24.5 Å². The number of hydrogen-bond donors (Lipinski definition) is 0. The van der Waals surface area contributed by atoms with Crippen LogP contribution in [0.25, 0.3) is 0 Å². The zero-order valence-electron chi connectivity index (χ0n) is 6.23. The summed E-state index contributed by atoms with van der Waals surface area (Å²) in [6.45, 7) is 3.43. The third kappa shape index (κ3) is 4.41. The van der Waals surface area contributed by atoms with E-state index in [9.17, 15) is 13.6 Å². The summed E-state index contributed by atoms with van der Waals surface area (Å²) >= 11 is 0. The first kappa shape index (κ1) is 9.53. The molecule has 0 saturated heterocycles. The van der Waals surface area contributed by atoms with Crippen LogP contribution in [0.1, 0.15) is 26.7 Å². The van der Waals surface area contributed by atoms with Crippen molar-refractivity contribution in [3.05, 3.63) is 0 Å². The van der Waals surface area contributed by atoms with Crippen LogP contribution in [0.4, 0.5) is 8.78 Å². The van der Waals surface area contributed by atoms with E-state index in [0.29, 0.717) is 0 Å². The van der Waals surface area contributed by atoms with Crippen LogP contribution in [0, 0.1) is 5.92 Å². The van der Waals surface area contributed by atoms with E-state index in [2.05, 4.69) is 0 Å². The Hall–Kier alpha value is -0.470. The highest BCUT2D eigenvalue weighted by atomic mass is 19.3. The molecule has 0 radical (unpaired) electrons. The third-order valence-electron chi connectivity index (χ3n) is 1.25. The van der Waals surface area contributed by atoms with Crippen molar-refractivity contribution in [3.8, 4) is 0 Å². The molecule has 0 atom stereocenters. The Morgan fingerprint density at radius 3 is 2.20 bits per heavy atom. The summed E-state index contributed by atoms with van der Waals surface area (Å²) in [7, 11) is 0.